The van der Waals surface area contributed by atoms with Crippen molar-refractivity contribution in [3.05, 3.63) is 28.6 Å². The number of nitriles is 1. The van der Waals surface area contributed by atoms with Gasteiger partial charge in [0.1, 0.15) is 5.69 Å². The third-order valence-corrected chi connectivity index (χ3v) is 2.48. The number of nitrogens with zero attached hydrogens (tertiary/aromatic N) is 2. The van der Waals surface area contributed by atoms with Gasteiger partial charge in [-0.3, -0.25) is 4.98 Å². The molecule has 0 unspecified atom stereocenters. The molecule has 2 nitrogen and oxygen atoms in total. The van der Waals surface area contributed by atoms with Crippen molar-refractivity contribution in [1.29, 1.82) is 5.26 Å². The van der Waals surface area contributed by atoms with Gasteiger partial charge in [0.05, 0.1) is 12.5 Å². The Hall–Kier alpha value is -1.21. The second-order valence-corrected chi connectivity index (χ2v) is 3.31. The Labute approximate surface area is 91.5 Å². The van der Waals surface area contributed by atoms with Gasteiger partial charge in [-0.25, -0.2) is 8.78 Å². The number of aromatic nitrogens is 1. The summed E-state index contributed by atoms with van der Waals surface area (Å²) in [4.78, 5) is 3.65. The molecule has 1 aromatic rings. The van der Waals surface area contributed by atoms with E-state index < -0.39 is 6.43 Å². The summed E-state index contributed by atoms with van der Waals surface area (Å²) in [5.41, 5.74) is 1.30. The summed E-state index contributed by atoms with van der Waals surface area (Å²) in [5.74, 6) is 0.175. The Morgan fingerprint density at radius 1 is 1.60 bits per heavy atom. The number of hydrogen-bond acceptors (Lipinski definition) is 2. The summed E-state index contributed by atoms with van der Waals surface area (Å²) in [6.07, 6.45) is -1.23. The number of halogens is 3. The molecule has 0 bridgehead atoms. The second-order valence-electron chi connectivity index (χ2n) is 3.04. The Kier molecular flexibility index (Phi) is 3.98. The van der Waals surface area contributed by atoms with Crippen LogP contribution in [0.4, 0.5) is 8.78 Å². The van der Waals surface area contributed by atoms with Crippen molar-refractivity contribution in [2.24, 2.45) is 0 Å². The molecule has 0 aliphatic heterocycles. The summed E-state index contributed by atoms with van der Waals surface area (Å²) in [6.45, 7) is 1.54. The van der Waals surface area contributed by atoms with Crippen LogP contribution in [0.5, 0.6) is 0 Å². The van der Waals surface area contributed by atoms with Gasteiger partial charge >= 0.3 is 0 Å². The van der Waals surface area contributed by atoms with Crippen molar-refractivity contribution in [2.75, 3.05) is 0 Å². The molecule has 0 saturated carbocycles. The zero-order chi connectivity index (χ0) is 11.4. The quantitative estimate of drug-likeness (QED) is 0.748. The zero-order valence-corrected chi connectivity index (χ0v) is 8.85. The lowest BCUT2D eigenvalue weighted by atomic mass is 10.0. The van der Waals surface area contributed by atoms with Crippen LogP contribution in [-0.2, 0) is 12.3 Å². The molecule has 0 aromatic carbocycles. The normalized spacial score (nSPS) is 10.4. The van der Waals surface area contributed by atoms with Crippen molar-refractivity contribution in [3.63, 3.8) is 0 Å². The van der Waals surface area contributed by atoms with Crippen molar-refractivity contribution >= 4 is 11.6 Å². The first-order chi connectivity index (χ1) is 7.11. The molecule has 1 heterocycles. The molecule has 0 amide bonds. The predicted octanol–water partition coefficient (Wildman–Crippen LogP) is 3.13. The molecule has 0 aliphatic rings. The molecular weight excluding hydrogens is 222 g/mol. The fourth-order valence-electron chi connectivity index (χ4n) is 1.38. The lowest BCUT2D eigenvalue weighted by Crippen LogP contribution is -2.03. The number of rotatable bonds is 3. The standard InChI is InChI=1S/C10H9ClF2N2/c1-6-8(2-3-14)7(4-11)5-15-9(6)10(12)13/h5,10H,2,4H2,1H3. The largest absolute Gasteiger partial charge is 0.280 e. The van der Waals surface area contributed by atoms with Crippen LogP contribution in [0.2, 0.25) is 0 Å². The maximum absolute atomic E-state index is 12.5. The molecule has 0 radical (unpaired) electrons. The van der Waals surface area contributed by atoms with Crippen LogP contribution in [0.1, 0.15) is 28.8 Å². The van der Waals surface area contributed by atoms with E-state index in [1.54, 1.807) is 0 Å². The molecule has 0 aliphatic carbocycles. The first-order valence-corrected chi connectivity index (χ1v) is 4.83. The highest BCUT2D eigenvalue weighted by Crippen LogP contribution is 2.25. The lowest BCUT2D eigenvalue weighted by Gasteiger charge is -2.11. The van der Waals surface area contributed by atoms with E-state index in [1.165, 1.54) is 13.1 Å². The highest BCUT2D eigenvalue weighted by Gasteiger charge is 2.17. The Bertz CT molecular complexity index is 399. The summed E-state index contributed by atoms with van der Waals surface area (Å²) in [7, 11) is 0. The summed E-state index contributed by atoms with van der Waals surface area (Å²) in [6, 6.07) is 1.93. The minimum absolute atomic E-state index is 0.0795. The summed E-state index contributed by atoms with van der Waals surface area (Å²) >= 11 is 5.63. The van der Waals surface area contributed by atoms with Crippen LogP contribution in [0.15, 0.2) is 6.20 Å². The minimum Gasteiger partial charge on any atom is -0.255 e. The van der Waals surface area contributed by atoms with Crippen molar-refractivity contribution < 1.29 is 8.78 Å². The smallest absolute Gasteiger partial charge is 0.255 e. The highest BCUT2D eigenvalue weighted by atomic mass is 35.5. The van der Waals surface area contributed by atoms with Gasteiger partial charge in [0.25, 0.3) is 6.43 Å². The zero-order valence-electron chi connectivity index (χ0n) is 8.10. The Balaban J connectivity index is 3.30. The number of alkyl halides is 3. The fourth-order valence-corrected chi connectivity index (χ4v) is 1.61. The molecule has 15 heavy (non-hydrogen) atoms. The maximum atomic E-state index is 12.5. The van der Waals surface area contributed by atoms with Gasteiger partial charge in [-0.15, -0.1) is 11.6 Å². The van der Waals surface area contributed by atoms with Crippen LogP contribution >= 0.6 is 11.6 Å². The lowest BCUT2D eigenvalue weighted by molar-refractivity contribution is 0.145. The monoisotopic (exact) mass is 230 g/mol. The van der Waals surface area contributed by atoms with E-state index in [-0.39, 0.29) is 18.0 Å². The van der Waals surface area contributed by atoms with Gasteiger partial charge in [0.2, 0.25) is 0 Å². The third kappa shape index (κ3) is 2.42. The van der Waals surface area contributed by atoms with E-state index in [0.29, 0.717) is 16.7 Å². The van der Waals surface area contributed by atoms with E-state index in [2.05, 4.69) is 4.98 Å². The van der Waals surface area contributed by atoms with Gasteiger partial charge < -0.3 is 0 Å². The van der Waals surface area contributed by atoms with E-state index in [1.807, 2.05) is 6.07 Å². The van der Waals surface area contributed by atoms with Crippen LogP contribution in [0.25, 0.3) is 0 Å². The van der Waals surface area contributed by atoms with Gasteiger partial charge in [0.15, 0.2) is 0 Å². The predicted molar refractivity (Wildman–Crippen MR) is 52.8 cm³/mol. The molecular formula is C10H9ClF2N2. The molecule has 0 atom stereocenters. The van der Waals surface area contributed by atoms with E-state index in [9.17, 15) is 8.78 Å². The van der Waals surface area contributed by atoms with Gasteiger partial charge in [-0.1, -0.05) is 0 Å². The third-order valence-electron chi connectivity index (χ3n) is 2.19. The summed E-state index contributed by atoms with van der Waals surface area (Å²) in [5, 5.41) is 8.59. The fraction of sp³-hybridized carbons (Fsp3) is 0.400. The number of pyridine rings is 1. The van der Waals surface area contributed by atoms with Crippen molar-refractivity contribution in [2.45, 2.75) is 25.7 Å². The Morgan fingerprint density at radius 2 is 2.27 bits per heavy atom. The van der Waals surface area contributed by atoms with Gasteiger partial charge in [-0.05, 0) is 23.6 Å². The molecule has 0 fully saturated rings. The average Bonchev–Trinajstić information content (AvgIpc) is 2.20. The van der Waals surface area contributed by atoms with E-state index in [0.717, 1.165) is 0 Å². The van der Waals surface area contributed by atoms with Crippen molar-refractivity contribution in [3.8, 4) is 6.07 Å². The van der Waals surface area contributed by atoms with E-state index >= 15 is 0 Å². The van der Waals surface area contributed by atoms with Crippen LogP contribution in [0, 0.1) is 18.3 Å². The average molecular weight is 231 g/mol. The summed E-state index contributed by atoms with van der Waals surface area (Å²) < 4.78 is 25.0. The van der Waals surface area contributed by atoms with Crippen LogP contribution in [0.3, 0.4) is 0 Å². The Morgan fingerprint density at radius 3 is 2.73 bits per heavy atom. The minimum atomic E-state index is -2.62. The molecule has 1 aromatic heterocycles. The molecule has 1 rings (SSSR count). The highest BCUT2D eigenvalue weighted by molar-refractivity contribution is 6.17. The van der Waals surface area contributed by atoms with Crippen LogP contribution < -0.4 is 0 Å². The van der Waals surface area contributed by atoms with Crippen molar-refractivity contribution in [1.82, 2.24) is 4.98 Å². The first-order valence-electron chi connectivity index (χ1n) is 4.30. The molecule has 0 saturated heterocycles. The second kappa shape index (κ2) is 5.04. The number of hydrogen-bond donors (Lipinski definition) is 0. The maximum Gasteiger partial charge on any atom is 0.280 e. The van der Waals surface area contributed by atoms with E-state index in [4.69, 9.17) is 16.9 Å². The molecule has 5 heteroatoms. The molecule has 80 valence electrons. The van der Waals surface area contributed by atoms with Crippen LogP contribution in [-0.4, -0.2) is 4.98 Å². The molecule has 0 N–H and O–H groups in total. The molecule has 0 spiro atoms. The van der Waals surface area contributed by atoms with Gasteiger partial charge in [-0.2, -0.15) is 5.26 Å². The first kappa shape index (κ1) is 11.9. The topological polar surface area (TPSA) is 36.7 Å². The SMILES string of the molecule is Cc1c(C(F)F)ncc(CCl)c1CC#N. The van der Waals surface area contributed by atoms with Gasteiger partial charge in [0, 0.05) is 12.1 Å².